The third kappa shape index (κ3) is 5.29. The molecular formula is C32H50O9Si. The van der Waals surface area contributed by atoms with Crippen molar-refractivity contribution >= 4 is 32.0 Å². The lowest BCUT2D eigenvalue weighted by Gasteiger charge is -2.61. The van der Waals surface area contributed by atoms with Gasteiger partial charge in [-0.2, -0.15) is 0 Å². The summed E-state index contributed by atoms with van der Waals surface area (Å²) < 4.78 is 32.0. The van der Waals surface area contributed by atoms with Crippen LogP contribution in [0.1, 0.15) is 88.5 Å². The molecule has 236 valence electrons. The number of allylic oxidation sites excluding steroid dienone is 1. The molecule has 4 aliphatic rings. The van der Waals surface area contributed by atoms with Crippen molar-refractivity contribution in [3.8, 4) is 0 Å². The number of ether oxygens (including phenoxy) is 4. The highest BCUT2D eigenvalue weighted by Gasteiger charge is 2.74. The number of hydrogen-bond donors (Lipinski definition) is 0. The average molecular weight is 607 g/mol. The zero-order chi connectivity index (χ0) is 31.8. The molecule has 0 unspecified atom stereocenters. The van der Waals surface area contributed by atoms with Crippen LogP contribution in [0, 0.1) is 22.7 Å². The Morgan fingerprint density at radius 1 is 0.952 bits per heavy atom. The Morgan fingerprint density at radius 2 is 1.50 bits per heavy atom. The summed E-state index contributed by atoms with van der Waals surface area (Å²) in [6.07, 6.45) is -1.62. The number of esters is 3. The zero-order valence-corrected chi connectivity index (χ0v) is 28.5. The molecule has 0 aromatic rings. The summed E-state index contributed by atoms with van der Waals surface area (Å²) in [6.45, 7) is 23.2. The van der Waals surface area contributed by atoms with E-state index >= 15 is 0 Å². The first-order valence-electron chi connectivity index (χ1n) is 15.2. The van der Waals surface area contributed by atoms with E-state index in [1.807, 2.05) is 20.8 Å². The van der Waals surface area contributed by atoms with Gasteiger partial charge >= 0.3 is 17.9 Å². The second-order valence-electron chi connectivity index (χ2n) is 15.3. The molecule has 1 saturated heterocycles. The SMILES string of the molecule is CC(=O)O[C@@H]1[C@@H]2CC(=O)C(C)=C([C@@H](OC(C)=O)[C@H](OC(C)=O)[C@]3(C)CC[C@H](O[Si](C)(C)C(C)(C)C)[C@]4(CO4)[C@@H]13)C2(C)C. The van der Waals surface area contributed by atoms with Gasteiger partial charge in [-0.25, -0.2) is 0 Å². The van der Waals surface area contributed by atoms with Crippen LogP contribution in [0.5, 0.6) is 0 Å². The summed E-state index contributed by atoms with van der Waals surface area (Å²) in [7, 11) is -2.25. The first-order chi connectivity index (χ1) is 19.1. The molecule has 3 aliphatic carbocycles. The minimum atomic E-state index is -2.25. The number of epoxide rings is 1. The van der Waals surface area contributed by atoms with Gasteiger partial charge in [-0.1, -0.05) is 41.5 Å². The van der Waals surface area contributed by atoms with Crippen LogP contribution in [0.4, 0.5) is 0 Å². The molecule has 0 aromatic carbocycles. The number of carbonyl (C=O) groups is 4. The maximum atomic E-state index is 13.6. The summed E-state index contributed by atoms with van der Waals surface area (Å²) in [4.78, 5) is 51.8. The van der Waals surface area contributed by atoms with Gasteiger partial charge in [0.2, 0.25) is 0 Å². The van der Waals surface area contributed by atoms with Crippen LogP contribution < -0.4 is 0 Å². The molecule has 0 N–H and O–H groups in total. The van der Waals surface area contributed by atoms with Crippen LogP contribution in [0.15, 0.2) is 11.1 Å². The Balaban J connectivity index is 2.01. The van der Waals surface area contributed by atoms with Gasteiger partial charge in [0.1, 0.15) is 17.8 Å². The zero-order valence-electron chi connectivity index (χ0n) is 27.5. The van der Waals surface area contributed by atoms with Crippen molar-refractivity contribution in [2.24, 2.45) is 22.7 Å². The van der Waals surface area contributed by atoms with Crippen LogP contribution >= 0.6 is 0 Å². The molecule has 0 aromatic heterocycles. The monoisotopic (exact) mass is 606 g/mol. The molecule has 9 nitrogen and oxygen atoms in total. The summed E-state index contributed by atoms with van der Waals surface area (Å²) in [5, 5.41) is -0.0459. The molecule has 10 heteroatoms. The lowest BCUT2D eigenvalue weighted by Crippen LogP contribution is -2.69. The Hall–Kier alpha value is -2.04. The lowest BCUT2D eigenvalue weighted by molar-refractivity contribution is -0.222. The van der Waals surface area contributed by atoms with Gasteiger partial charge in [0.25, 0.3) is 0 Å². The molecule has 2 saturated carbocycles. The van der Waals surface area contributed by atoms with Crippen LogP contribution in [0.25, 0.3) is 0 Å². The maximum absolute atomic E-state index is 13.6. The average Bonchev–Trinajstić information content (AvgIpc) is 3.59. The predicted molar refractivity (Wildman–Crippen MR) is 158 cm³/mol. The highest BCUT2D eigenvalue weighted by atomic mass is 28.4. The number of fused-ring (bicyclic) bond motifs is 4. The molecule has 4 rings (SSSR count). The fourth-order valence-corrected chi connectivity index (χ4v) is 9.39. The highest BCUT2D eigenvalue weighted by molar-refractivity contribution is 6.74. The van der Waals surface area contributed by atoms with E-state index < -0.39 is 72.8 Å². The molecule has 0 amide bonds. The van der Waals surface area contributed by atoms with Crippen LogP contribution in [0.3, 0.4) is 0 Å². The largest absolute Gasteiger partial charge is 0.462 e. The summed E-state index contributed by atoms with van der Waals surface area (Å²) in [6, 6.07) is 0. The van der Waals surface area contributed by atoms with Gasteiger partial charge in [-0.05, 0) is 54.5 Å². The van der Waals surface area contributed by atoms with Crippen molar-refractivity contribution in [1.29, 1.82) is 0 Å². The summed E-state index contributed by atoms with van der Waals surface area (Å²) in [5.74, 6) is -2.56. The van der Waals surface area contributed by atoms with Gasteiger partial charge in [0.05, 0.1) is 12.7 Å². The van der Waals surface area contributed by atoms with E-state index in [4.69, 9.17) is 23.4 Å². The topological polar surface area (TPSA) is 118 Å². The van der Waals surface area contributed by atoms with Crippen LogP contribution in [0.2, 0.25) is 18.1 Å². The molecule has 1 heterocycles. The quantitative estimate of drug-likeness (QED) is 0.178. The molecule has 1 aliphatic heterocycles. The number of hydrogen-bond acceptors (Lipinski definition) is 9. The van der Waals surface area contributed by atoms with Gasteiger partial charge < -0.3 is 23.4 Å². The van der Waals surface area contributed by atoms with E-state index in [2.05, 4.69) is 33.9 Å². The standard InChI is InChI=1S/C32H50O9Si/c1-17-22(36)15-21-25(38-18(2)33)27-31(10,14-13-23(32(27)16-37-32)41-42(11,12)29(5,6)7)28(40-20(4)35)26(39-19(3)34)24(17)30(21,8)9/h21,23,25-28H,13-16H2,1-12H3/t21-,23-,25+,26+,27-,28-,31+,32+/m0/s1. The summed E-state index contributed by atoms with van der Waals surface area (Å²) in [5.41, 5.74) is -1.31. The van der Waals surface area contributed by atoms with Gasteiger partial charge in [0.15, 0.2) is 20.2 Å². The van der Waals surface area contributed by atoms with Gasteiger partial charge in [-0.3, -0.25) is 19.2 Å². The number of carbonyl (C=O) groups excluding carboxylic acids is 4. The van der Waals surface area contributed by atoms with Crippen molar-refractivity contribution in [2.45, 2.75) is 137 Å². The highest BCUT2D eigenvalue weighted by Crippen LogP contribution is 2.65. The second-order valence-corrected chi connectivity index (χ2v) is 20.0. The lowest BCUT2D eigenvalue weighted by atomic mass is 9.48. The molecule has 8 atom stereocenters. The Bertz CT molecular complexity index is 1190. The Morgan fingerprint density at radius 3 is 1.98 bits per heavy atom. The number of ketones is 1. The predicted octanol–water partition coefficient (Wildman–Crippen LogP) is 5.30. The Kier molecular flexibility index (Phi) is 8.25. The first kappa shape index (κ1) is 32.9. The van der Waals surface area contributed by atoms with Crippen molar-refractivity contribution in [3.63, 3.8) is 0 Å². The molecule has 0 radical (unpaired) electrons. The van der Waals surface area contributed by atoms with Crippen LogP contribution in [-0.4, -0.2) is 68.6 Å². The van der Waals surface area contributed by atoms with E-state index in [0.717, 1.165) is 0 Å². The maximum Gasteiger partial charge on any atom is 0.303 e. The van der Waals surface area contributed by atoms with Gasteiger partial charge in [0, 0.05) is 44.4 Å². The van der Waals surface area contributed by atoms with Crippen molar-refractivity contribution < 1.29 is 42.6 Å². The van der Waals surface area contributed by atoms with Crippen LogP contribution in [-0.2, 0) is 42.6 Å². The van der Waals surface area contributed by atoms with Crippen molar-refractivity contribution in [1.82, 2.24) is 0 Å². The Labute approximate surface area is 251 Å². The number of Topliss-reactive ketones (excluding diaryl/α,β-unsaturated/α-hetero) is 1. The third-order valence-corrected chi connectivity index (χ3v) is 15.6. The van der Waals surface area contributed by atoms with Crippen molar-refractivity contribution in [3.05, 3.63) is 11.1 Å². The van der Waals surface area contributed by atoms with E-state index in [1.165, 1.54) is 20.8 Å². The summed E-state index contributed by atoms with van der Waals surface area (Å²) >= 11 is 0. The minimum Gasteiger partial charge on any atom is -0.462 e. The van der Waals surface area contributed by atoms with Crippen molar-refractivity contribution in [2.75, 3.05) is 6.61 Å². The number of rotatable bonds is 5. The van der Waals surface area contributed by atoms with E-state index in [-0.39, 0.29) is 23.3 Å². The third-order valence-electron chi connectivity index (χ3n) is 11.1. The molecule has 2 bridgehead atoms. The second kappa shape index (κ2) is 10.5. The van der Waals surface area contributed by atoms with E-state index in [9.17, 15) is 19.2 Å². The fraction of sp³-hybridized carbons (Fsp3) is 0.812. The molecule has 1 spiro atoms. The minimum absolute atomic E-state index is 0.0459. The van der Waals surface area contributed by atoms with E-state index in [1.54, 1.807) is 6.92 Å². The molecule has 42 heavy (non-hydrogen) atoms. The van der Waals surface area contributed by atoms with E-state index in [0.29, 0.717) is 30.6 Å². The fourth-order valence-electron chi connectivity index (χ4n) is 8.01. The first-order valence-corrected chi connectivity index (χ1v) is 18.1. The smallest absolute Gasteiger partial charge is 0.303 e. The normalized spacial score (nSPS) is 37.8. The van der Waals surface area contributed by atoms with Gasteiger partial charge in [-0.15, -0.1) is 0 Å². The molecular weight excluding hydrogens is 556 g/mol. The molecule has 3 fully saturated rings.